The van der Waals surface area contributed by atoms with Gasteiger partial charge < -0.3 is 0 Å². The Bertz CT molecular complexity index is 466. The van der Waals surface area contributed by atoms with Gasteiger partial charge in [-0.15, -0.1) is 0 Å². The van der Waals surface area contributed by atoms with Crippen molar-refractivity contribution < 1.29 is 16.8 Å². The molecule has 0 aromatic carbocycles. The highest BCUT2D eigenvalue weighted by Gasteiger charge is 2.39. The summed E-state index contributed by atoms with van der Waals surface area (Å²) in [5, 5.41) is 4.28. The van der Waals surface area contributed by atoms with E-state index in [2.05, 4.69) is 0 Å². The lowest BCUT2D eigenvalue weighted by Gasteiger charge is -2.15. The van der Waals surface area contributed by atoms with Gasteiger partial charge in [-0.3, -0.25) is 0 Å². The average Bonchev–Trinajstić information content (AvgIpc) is 2.79. The third-order valence-corrected chi connectivity index (χ3v) is 6.43. The number of hydrogen-bond donors (Lipinski definition) is 1. The zero-order valence-electron chi connectivity index (χ0n) is 8.87. The highest BCUT2D eigenvalue weighted by atomic mass is 32.2. The molecule has 0 bridgehead atoms. The first-order valence-electron chi connectivity index (χ1n) is 5.28. The van der Waals surface area contributed by atoms with Crippen molar-refractivity contribution in [2.75, 3.05) is 18.8 Å². The minimum atomic E-state index is -3.61. The van der Waals surface area contributed by atoms with Crippen LogP contribution in [0.1, 0.15) is 19.3 Å². The van der Waals surface area contributed by atoms with Crippen LogP contribution in [0.25, 0.3) is 0 Å². The molecule has 1 saturated carbocycles. The zero-order valence-corrected chi connectivity index (χ0v) is 10.5. The van der Waals surface area contributed by atoms with Gasteiger partial charge in [-0.05, 0) is 25.2 Å². The molecule has 0 aromatic heterocycles. The molecule has 94 valence electrons. The van der Waals surface area contributed by atoms with Crippen molar-refractivity contribution >= 4 is 20.0 Å². The monoisotopic (exact) mass is 268 g/mol. The number of rotatable bonds is 4. The van der Waals surface area contributed by atoms with E-state index in [1.54, 1.807) is 0 Å². The second-order valence-corrected chi connectivity index (χ2v) is 8.44. The molecule has 1 heterocycles. The summed E-state index contributed by atoms with van der Waals surface area (Å²) in [6.45, 7) is 0.296. The fraction of sp³-hybridized carbons (Fsp3) is 1.00. The Morgan fingerprint density at radius 2 is 1.75 bits per heavy atom. The van der Waals surface area contributed by atoms with Crippen LogP contribution in [0.2, 0.25) is 0 Å². The van der Waals surface area contributed by atoms with Crippen LogP contribution < -0.4 is 5.14 Å². The third kappa shape index (κ3) is 2.73. The maximum Gasteiger partial charge on any atom is 0.214 e. The molecule has 6 nitrogen and oxygen atoms in total. The normalized spacial score (nSPS) is 28.4. The van der Waals surface area contributed by atoms with Crippen LogP contribution >= 0.6 is 0 Å². The van der Waals surface area contributed by atoms with Crippen LogP contribution in [-0.2, 0) is 20.0 Å². The van der Waals surface area contributed by atoms with Gasteiger partial charge in [0.25, 0.3) is 0 Å². The summed E-state index contributed by atoms with van der Waals surface area (Å²) in [7, 11) is -6.89. The molecular formula is C8H16N2O4S2. The van der Waals surface area contributed by atoms with Crippen LogP contribution in [0.4, 0.5) is 0 Å². The molecule has 1 atom stereocenters. The molecule has 2 N–H and O–H groups in total. The molecule has 2 aliphatic rings. The molecule has 1 unspecified atom stereocenters. The van der Waals surface area contributed by atoms with Gasteiger partial charge in [-0.25, -0.2) is 26.3 Å². The zero-order chi connectivity index (χ0) is 12.0. The van der Waals surface area contributed by atoms with Crippen LogP contribution in [-0.4, -0.2) is 45.2 Å². The Morgan fingerprint density at radius 1 is 1.12 bits per heavy atom. The van der Waals surface area contributed by atoms with Gasteiger partial charge in [0.2, 0.25) is 20.0 Å². The third-order valence-electron chi connectivity index (χ3n) is 3.11. The van der Waals surface area contributed by atoms with Crippen molar-refractivity contribution in [1.82, 2.24) is 4.31 Å². The number of nitrogens with zero attached hydrogens (tertiary/aromatic N) is 1. The molecule has 0 spiro atoms. The van der Waals surface area contributed by atoms with Gasteiger partial charge in [0.1, 0.15) is 0 Å². The summed E-state index contributed by atoms with van der Waals surface area (Å²) in [5.41, 5.74) is 0. The lowest BCUT2D eigenvalue weighted by molar-refractivity contribution is 0.474. The summed E-state index contributed by atoms with van der Waals surface area (Å²) in [4.78, 5) is 0. The van der Waals surface area contributed by atoms with Gasteiger partial charge in [-0.1, -0.05) is 0 Å². The Labute approximate surface area is 95.9 Å². The second kappa shape index (κ2) is 3.94. The van der Waals surface area contributed by atoms with Crippen LogP contribution in [0.5, 0.6) is 0 Å². The summed E-state index contributed by atoms with van der Waals surface area (Å²) >= 11 is 0. The molecule has 16 heavy (non-hydrogen) atoms. The molecule has 2 fully saturated rings. The van der Waals surface area contributed by atoms with Gasteiger partial charge >= 0.3 is 0 Å². The van der Waals surface area contributed by atoms with E-state index in [-0.39, 0.29) is 24.8 Å². The summed E-state index contributed by atoms with van der Waals surface area (Å²) in [6.07, 6.45) is 2.24. The standard InChI is InChI=1S/C8H16N2O4S2/c9-16(13,14)8-3-4-10(5-8)15(11,12)6-7-1-2-7/h7-8H,1-6H2,(H2,9,13,14). The van der Waals surface area contributed by atoms with Crippen LogP contribution in [0, 0.1) is 5.92 Å². The van der Waals surface area contributed by atoms with Gasteiger partial charge in [-0.2, -0.15) is 0 Å². The predicted molar refractivity (Wildman–Crippen MR) is 59.6 cm³/mol. The minimum Gasteiger partial charge on any atom is -0.228 e. The number of primary sulfonamides is 1. The van der Waals surface area contributed by atoms with E-state index in [0.717, 1.165) is 12.8 Å². The van der Waals surface area contributed by atoms with E-state index >= 15 is 0 Å². The van der Waals surface area contributed by atoms with Crippen molar-refractivity contribution in [1.29, 1.82) is 0 Å². The molecule has 8 heteroatoms. The quantitative estimate of drug-likeness (QED) is 0.713. The first kappa shape index (κ1) is 12.3. The fourth-order valence-corrected chi connectivity index (χ4v) is 4.75. The summed E-state index contributed by atoms with van der Waals surface area (Å²) in [6, 6.07) is 0. The van der Waals surface area contributed by atoms with Crippen LogP contribution in [0.15, 0.2) is 0 Å². The summed E-state index contributed by atoms with van der Waals surface area (Å²) in [5.74, 6) is 0.434. The molecule has 1 saturated heterocycles. The molecule has 0 amide bonds. The van der Waals surface area contributed by atoms with Gasteiger partial charge in [0, 0.05) is 13.1 Å². The maximum atomic E-state index is 11.8. The number of nitrogens with two attached hydrogens (primary N) is 1. The predicted octanol–water partition coefficient (Wildman–Crippen LogP) is -0.911. The van der Waals surface area contributed by atoms with E-state index < -0.39 is 25.3 Å². The topological polar surface area (TPSA) is 97.5 Å². The second-order valence-electron chi connectivity index (χ2n) is 4.58. The highest BCUT2D eigenvalue weighted by molar-refractivity contribution is 7.90. The number of sulfonamides is 2. The van der Waals surface area contributed by atoms with Crippen molar-refractivity contribution in [3.05, 3.63) is 0 Å². The Kier molecular flexibility index (Phi) is 3.02. The lowest BCUT2D eigenvalue weighted by Crippen LogP contribution is -2.35. The van der Waals surface area contributed by atoms with E-state index in [1.165, 1.54) is 4.31 Å². The molecule has 0 radical (unpaired) electrons. The maximum absolute atomic E-state index is 11.8. The summed E-state index contributed by atoms with van der Waals surface area (Å²) < 4.78 is 47.2. The Hall–Kier alpha value is -0.180. The fourth-order valence-electron chi connectivity index (χ4n) is 1.91. The molecule has 0 aromatic rings. The van der Waals surface area contributed by atoms with Crippen molar-refractivity contribution in [2.24, 2.45) is 11.1 Å². The molecular weight excluding hydrogens is 252 g/mol. The van der Waals surface area contributed by atoms with Crippen LogP contribution in [0.3, 0.4) is 0 Å². The highest BCUT2D eigenvalue weighted by Crippen LogP contribution is 2.32. The Balaban J connectivity index is 2.02. The molecule has 2 rings (SSSR count). The SMILES string of the molecule is NS(=O)(=O)C1CCN(S(=O)(=O)CC2CC2)C1. The van der Waals surface area contributed by atoms with Gasteiger partial charge in [0.05, 0.1) is 11.0 Å². The van der Waals surface area contributed by atoms with E-state index in [1.807, 2.05) is 0 Å². The minimum absolute atomic E-state index is 0.0217. The van der Waals surface area contributed by atoms with Crippen molar-refractivity contribution in [2.45, 2.75) is 24.5 Å². The smallest absolute Gasteiger partial charge is 0.214 e. The van der Waals surface area contributed by atoms with Crippen molar-refractivity contribution in [3.8, 4) is 0 Å². The Morgan fingerprint density at radius 3 is 2.19 bits per heavy atom. The average molecular weight is 268 g/mol. The first-order valence-corrected chi connectivity index (χ1v) is 8.50. The van der Waals surface area contributed by atoms with Crippen molar-refractivity contribution in [3.63, 3.8) is 0 Å². The van der Waals surface area contributed by atoms with E-state index in [4.69, 9.17) is 5.14 Å². The molecule has 1 aliphatic heterocycles. The lowest BCUT2D eigenvalue weighted by atomic mass is 10.4. The van der Waals surface area contributed by atoms with E-state index in [0.29, 0.717) is 6.42 Å². The largest absolute Gasteiger partial charge is 0.228 e. The van der Waals surface area contributed by atoms with E-state index in [9.17, 15) is 16.8 Å². The number of hydrogen-bond acceptors (Lipinski definition) is 4. The molecule has 1 aliphatic carbocycles. The first-order chi connectivity index (χ1) is 7.29. The van der Waals surface area contributed by atoms with Gasteiger partial charge in [0.15, 0.2) is 0 Å².